The molecule has 9 nitrogen and oxygen atoms in total. The molecule has 1 atom stereocenters. The first-order chi connectivity index (χ1) is 11.4. The summed E-state index contributed by atoms with van der Waals surface area (Å²) in [5.74, 6) is -4.12. The second-order valence-electron chi connectivity index (χ2n) is 5.18. The zero-order chi connectivity index (χ0) is 20.0. The SMILES string of the molecule is CCCNC(=O)N(C(=O)N(C)C)C(C(N)=O)(C(=O)NCC)C(F)(F)F. The van der Waals surface area contributed by atoms with E-state index < -0.39 is 40.5 Å². The molecule has 0 aliphatic carbocycles. The number of hydrogen-bond acceptors (Lipinski definition) is 4. The predicted octanol–water partition coefficient (Wildman–Crippen LogP) is 0.0121. The van der Waals surface area contributed by atoms with Crippen molar-refractivity contribution in [1.29, 1.82) is 0 Å². The number of hydrogen-bond donors (Lipinski definition) is 3. The first kappa shape index (κ1) is 22.5. The fourth-order valence-electron chi connectivity index (χ4n) is 1.90. The summed E-state index contributed by atoms with van der Waals surface area (Å²) >= 11 is 0. The molecular weight excluding hydrogens is 347 g/mol. The number of primary amides is 1. The lowest BCUT2D eigenvalue weighted by molar-refractivity contribution is -0.213. The van der Waals surface area contributed by atoms with Crippen molar-refractivity contribution >= 4 is 23.9 Å². The predicted molar refractivity (Wildman–Crippen MR) is 81.3 cm³/mol. The molecule has 0 aliphatic rings. The second-order valence-corrected chi connectivity index (χ2v) is 5.18. The van der Waals surface area contributed by atoms with Crippen molar-refractivity contribution < 1.29 is 32.3 Å². The fraction of sp³-hybridized carbons (Fsp3) is 0.692. The van der Waals surface area contributed by atoms with Gasteiger partial charge in [0.1, 0.15) is 0 Å². The normalized spacial score (nSPS) is 13.4. The number of carbonyl (C=O) groups is 4. The van der Waals surface area contributed by atoms with E-state index in [1.807, 2.05) is 10.6 Å². The summed E-state index contributed by atoms with van der Waals surface area (Å²) in [5.41, 5.74) is 0.690. The number of nitrogens with two attached hydrogens (primary N) is 1. The molecule has 0 saturated carbocycles. The average molecular weight is 369 g/mol. The highest BCUT2D eigenvalue weighted by Crippen LogP contribution is 2.37. The molecule has 0 fully saturated rings. The summed E-state index contributed by atoms with van der Waals surface area (Å²) in [5, 5.41) is 3.86. The van der Waals surface area contributed by atoms with E-state index >= 15 is 0 Å². The third-order valence-corrected chi connectivity index (χ3v) is 3.07. The van der Waals surface area contributed by atoms with Crippen LogP contribution in [-0.2, 0) is 9.59 Å². The van der Waals surface area contributed by atoms with Crippen LogP contribution in [0.4, 0.5) is 22.8 Å². The molecule has 0 bridgehead atoms. The third kappa shape index (κ3) is 4.31. The maximum atomic E-state index is 13.8. The molecule has 1 unspecified atom stereocenters. The molecule has 4 N–H and O–H groups in total. The minimum absolute atomic E-state index is 0.0852. The summed E-state index contributed by atoms with van der Waals surface area (Å²) in [6.45, 7) is 2.55. The highest BCUT2D eigenvalue weighted by molar-refractivity contribution is 6.16. The van der Waals surface area contributed by atoms with Crippen LogP contribution in [0.2, 0.25) is 0 Å². The molecule has 12 heteroatoms. The van der Waals surface area contributed by atoms with Crippen LogP contribution < -0.4 is 16.4 Å². The van der Waals surface area contributed by atoms with Crippen LogP contribution >= 0.6 is 0 Å². The number of amides is 6. The van der Waals surface area contributed by atoms with E-state index in [-0.39, 0.29) is 13.1 Å². The Bertz CT molecular complexity index is 538. The first-order valence-corrected chi connectivity index (χ1v) is 7.33. The van der Waals surface area contributed by atoms with Gasteiger partial charge >= 0.3 is 23.8 Å². The van der Waals surface area contributed by atoms with Crippen molar-refractivity contribution in [1.82, 2.24) is 20.4 Å². The summed E-state index contributed by atoms with van der Waals surface area (Å²) < 4.78 is 41.4. The van der Waals surface area contributed by atoms with Crippen molar-refractivity contribution in [2.45, 2.75) is 32.0 Å². The number of carbonyl (C=O) groups excluding carboxylic acids is 4. The maximum absolute atomic E-state index is 13.8. The lowest BCUT2D eigenvalue weighted by Crippen LogP contribution is -2.77. The number of halogens is 3. The van der Waals surface area contributed by atoms with Crippen LogP contribution in [0.25, 0.3) is 0 Å². The second kappa shape index (κ2) is 8.53. The number of urea groups is 2. The van der Waals surface area contributed by atoms with Gasteiger partial charge in [-0.05, 0) is 13.3 Å². The molecule has 0 spiro atoms. The molecule has 144 valence electrons. The van der Waals surface area contributed by atoms with Crippen molar-refractivity contribution in [3.8, 4) is 0 Å². The molecule has 6 amide bonds. The van der Waals surface area contributed by atoms with E-state index in [4.69, 9.17) is 5.73 Å². The lowest BCUT2D eigenvalue weighted by Gasteiger charge is -2.40. The van der Waals surface area contributed by atoms with E-state index in [2.05, 4.69) is 0 Å². The van der Waals surface area contributed by atoms with Crippen LogP contribution in [0.3, 0.4) is 0 Å². The van der Waals surface area contributed by atoms with Crippen LogP contribution in [0.15, 0.2) is 0 Å². The number of imide groups is 1. The van der Waals surface area contributed by atoms with Gasteiger partial charge in [0.25, 0.3) is 11.8 Å². The maximum Gasteiger partial charge on any atom is 0.430 e. The Labute approximate surface area is 142 Å². The van der Waals surface area contributed by atoms with Gasteiger partial charge in [0.2, 0.25) is 0 Å². The fourth-order valence-corrected chi connectivity index (χ4v) is 1.90. The van der Waals surface area contributed by atoms with Crippen LogP contribution in [0, 0.1) is 0 Å². The van der Waals surface area contributed by atoms with E-state index in [0.717, 1.165) is 14.1 Å². The van der Waals surface area contributed by atoms with Gasteiger partial charge in [-0.25, -0.2) is 14.5 Å². The number of nitrogens with one attached hydrogen (secondary N) is 2. The smallest absolute Gasteiger partial charge is 0.367 e. The summed E-state index contributed by atoms with van der Waals surface area (Å²) in [4.78, 5) is 48.6. The number of rotatable bonds is 6. The summed E-state index contributed by atoms with van der Waals surface area (Å²) in [6, 6.07) is -3.10. The quantitative estimate of drug-likeness (QED) is 0.571. The molecule has 0 aromatic carbocycles. The van der Waals surface area contributed by atoms with E-state index in [1.165, 1.54) is 6.92 Å². The number of alkyl halides is 3. The molecule has 25 heavy (non-hydrogen) atoms. The molecule has 0 heterocycles. The Morgan fingerprint density at radius 2 is 1.56 bits per heavy atom. The highest BCUT2D eigenvalue weighted by atomic mass is 19.4. The Hall–Kier alpha value is -2.53. The largest absolute Gasteiger partial charge is 0.430 e. The Balaban J connectivity index is 6.61. The molecule has 0 aromatic heterocycles. The highest BCUT2D eigenvalue weighted by Gasteiger charge is 2.72. The molecule has 0 saturated heterocycles. The van der Waals surface area contributed by atoms with E-state index in [1.54, 1.807) is 6.92 Å². The zero-order valence-electron chi connectivity index (χ0n) is 14.4. The van der Waals surface area contributed by atoms with Crippen LogP contribution in [0.5, 0.6) is 0 Å². The molecular formula is C13H22F3N5O4. The van der Waals surface area contributed by atoms with Gasteiger partial charge in [-0.15, -0.1) is 0 Å². The van der Waals surface area contributed by atoms with Gasteiger partial charge in [-0.2, -0.15) is 13.2 Å². The van der Waals surface area contributed by atoms with E-state index in [0.29, 0.717) is 11.3 Å². The third-order valence-electron chi connectivity index (χ3n) is 3.07. The topological polar surface area (TPSA) is 125 Å². The molecule has 0 radical (unpaired) electrons. The average Bonchev–Trinajstić information content (AvgIpc) is 2.47. The standard InChI is InChI=1S/C13H22F3N5O4/c1-5-7-19-10(24)21(11(25)20(3)4)12(8(17)22,13(14,15)16)9(23)18-6-2/h5-7H2,1-4H3,(H2,17,22)(H,18,23)(H,19,24). The van der Waals surface area contributed by atoms with Crippen molar-refractivity contribution in [2.75, 3.05) is 27.2 Å². The number of nitrogens with zero attached hydrogens (tertiary/aromatic N) is 2. The zero-order valence-corrected chi connectivity index (χ0v) is 14.4. The molecule has 0 aliphatic heterocycles. The Morgan fingerprint density at radius 3 is 1.88 bits per heavy atom. The minimum Gasteiger partial charge on any atom is -0.367 e. The van der Waals surface area contributed by atoms with Crippen molar-refractivity contribution in [2.24, 2.45) is 5.73 Å². The molecule has 0 rings (SSSR count). The van der Waals surface area contributed by atoms with Crippen molar-refractivity contribution in [3.63, 3.8) is 0 Å². The van der Waals surface area contributed by atoms with Crippen molar-refractivity contribution in [3.05, 3.63) is 0 Å². The van der Waals surface area contributed by atoms with Gasteiger partial charge in [0, 0.05) is 27.2 Å². The van der Waals surface area contributed by atoms with Gasteiger partial charge in [-0.3, -0.25) is 9.59 Å². The van der Waals surface area contributed by atoms with Gasteiger partial charge in [-0.1, -0.05) is 6.92 Å². The van der Waals surface area contributed by atoms with Crippen LogP contribution in [0.1, 0.15) is 20.3 Å². The monoisotopic (exact) mass is 369 g/mol. The number of likely N-dealkylation sites (N-methyl/N-ethyl adjacent to an activating group) is 1. The molecule has 0 aromatic rings. The van der Waals surface area contributed by atoms with Gasteiger partial charge in [0.05, 0.1) is 0 Å². The van der Waals surface area contributed by atoms with E-state index in [9.17, 15) is 32.3 Å². The first-order valence-electron chi connectivity index (χ1n) is 7.33. The van der Waals surface area contributed by atoms with Crippen LogP contribution in [-0.4, -0.2) is 72.6 Å². The van der Waals surface area contributed by atoms with Gasteiger partial charge in [0.15, 0.2) is 0 Å². The Morgan fingerprint density at radius 1 is 1.04 bits per heavy atom. The minimum atomic E-state index is -5.65. The summed E-state index contributed by atoms with van der Waals surface area (Å²) in [7, 11) is 2.12. The lowest BCUT2D eigenvalue weighted by atomic mass is 9.94. The summed E-state index contributed by atoms with van der Waals surface area (Å²) in [6.07, 6.45) is -5.31. The van der Waals surface area contributed by atoms with Gasteiger partial charge < -0.3 is 21.3 Å². The Kier molecular flexibility index (Phi) is 7.67.